The van der Waals surface area contributed by atoms with Gasteiger partial charge in [0, 0.05) is 5.92 Å². The number of rotatable bonds is 3. The van der Waals surface area contributed by atoms with Gasteiger partial charge in [-0.2, -0.15) is 0 Å². The van der Waals surface area contributed by atoms with Gasteiger partial charge < -0.3 is 9.84 Å². The summed E-state index contributed by atoms with van der Waals surface area (Å²) >= 11 is 0. The maximum absolute atomic E-state index is 11.2. The van der Waals surface area contributed by atoms with Gasteiger partial charge in [0.05, 0.1) is 13.5 Å². The molecule has 1 aromatic rings. The highest BCUT2D eigenvalue weighted by molar-refractivity contribution is 5.85. The van der Waals surface area contributed by atoms with Crippen LogP contribution in [-0.4, -0.2) is 18.2 Å². The predicted octanol–water partition coefficient (Wildman–Crippen LogP) is 3.82. The molecule has 2 unspecified atom stereocenters. The smallest absolute Gasteiger partial charge is 0.307 e. The molecule has 2 aliphatic carbocycles. The molecule has 1 N–H and O–H groups in total. The van der Waals surface area contributed by atoms with Gasteiger partial charge in [-0.05, 0) is 47.6 Å². The lowest BCUT2D eigenvalue weighted by molar-refractivity contribution is -0.135. The summed E-state index contributed by atoms with van der Waals surface area (Å²) in [5, 5.41) is 9.22. The van der Waals surface area contributed by atoms with Gasteiger partial charge >= 0.3 is 5.97 Å². The molecule has 0 saturated carbocycles. The van der Waals surface area contributed by atoms with Gasteiger partial charge in [0.25, 0.3) is 0 Å². The van der Waals surface area contributed by atoms with Crippen molar-refractivity contribution in [1.29, 1.82) is 0 Å². The minimum absolute atomic E-state index is 0.0635. The van der Waals surface area contributed by atoms with E-state index in [1.165, 1.54) is 5.56 Å². The Morgan fingerprint density at radius 1 is 1.27 bits per heavy atom. The van der Waals surface area contributed by atoms with Crippen LogP contribution in [0.1, 0.15) is 24.5 Å². The molecule has 22 heavy (non-hydrogen) atoms. The number of hydrogen-bond acceptors (Lipinski definition) is 2. The van der Waals surface area contributed by atoms with Crippen molar-refractivity contribution in [1.82, 2.24) is 0 Å². The number of benzene rings is 1. The average Bonchev–Trinajstić information content (AvgIpc) is 2.62. The lowest BCUT2D eigenvalue weighted by Gasteiger charge is -2.25. The molecule has 0 aliphatic heterocycles. The van der Waals surface area contributed by atoms with Crippen LogP contribution in [0.3, 0.4) is 0 Å². The first-order chi connectivity index (χ1) is 10.6. The normalized spacial score (nSPS) is 23.3. The highest BCUT2D eigenvalue weighted by atomic mass is 16.5. The second-order valence-corrected chi connectivity index (χ2v) is 5.95. The Labute approximate surface area is 130 Å². The third-order valence-corrected chi connectivity index (χ3v) is 4.47. The van der Waals surface area contributed by atoms with E-state index in [-0.39, 0.29) is 12.3 Å². The molecule has 0 saturated heterocycles. The first-order valence-corrected chi connectivity index (χ1v) is 7.54. The van der Waals surface area contributed by atoms with Crippen LogP contribution < -0.4 is 0 Å². The summed E-state index contributed by atoms with van der Waals surface area (Å²) in [7, 11) is 1.69. The third-order valence-electron chi connectivity index (χ3n) is 4.47. The van der Waals surface area contributed by atoms with Gasteiger partial charge in [-0.1, -0.05) is 36.4 Å². The van der Waals surface area contributed by atoms with Crippen molar-refractivity contribution >= 4 is 11.5 Å². The van der Waals surface area contributed by atoms with Crippen LogP contribution in [0.2, 0.25) is 0 Å². The molecule has 0 radical (unpaired) electrons. The van der Waals surface area contributed by atoms with Gasteiger partial charge in [0.2, 0.25) is 0 Å². The maximum Gasteiger partial charge on any atom is 0.307 e. The van der Waals surface area contributed by atoms with Crippen LogP contribution in [0.4, 0.5) is 0 Å². The van der Waals surface area contributed by atoms with Crippen molar-refractivity contribution in [2.75, 3.05) is 7.11 Å². The summed E-state index contributed by atoms with van der Waals surface area (Å²) in [4.78, 5) is 11.2. The Morgan fingerprint density at radius 2 is 2.05 bits per heavy atom. The van der Waals surface area contributed by atoms with Gasteiger partial charge in [-0.25, -0.2) is 0 Å². The lowest BCUT2D eigenvalue weighted by atomic mass is 9.82. The van der Waals surface area contributed by atoms with Crippen LogP contribution in [-0.2, 0) is 16.0 Å². The molecule has 0 fully saturated rings. The van der Waals surface area contributed by atoms with Gasteiger partial charge in [-0.3, -0.25) is 4.79 Å². The number of methoxy groups -OCH3 is 1. The number of carbonyl (C=O) groups is 1. The predicted molar refractivity (Wildman–Crippen MR) is 86.2 cm³/mol. The zero-order valence-corrected chi connectivity index (χ0v) is 12.9. The van der Waals surface area contributed by atoms with E-state index in [9.17, 15) is 9.90 Å². The van der Waals surface area contributed by atoms with Crippen LogP contribution in [0, 0.1) is 11.8 Å². The van der Waals surface area contributed by atoms with E-state index in [0.717, 1.165) is 28.9 Å². The van der Waals surface area contributed by atoms with Crippen molar-refractivity contribution in [3.63, 3.8) is 0 Å². The van der Waals surface area contributed by atoms with Crippen LogP contribution >= 0.6 is 0 Å². The molecule has 2 aliphatic rings. The van der Waals surface area contributed by atoms with Crippen molar-refractivity contribution in [3.8, 4) is 0 Å². The van der Waals surface area contributed by atoms with E-state index in [4.69, 9.17) is 4.74 Å². The molecule has 114 valence electrons. The van der Waals surface area contributed by atoms with Crippen LogP contribution in [0.25, 0.3) is 5.57 Å². The summed E-state index contributed by atoms with van der Waals surface area (Å²) in [6, 6.07) is 8.11. The van der Waals surface area contributed by atoms with Gasteiger partial charge in [0.15, 0.2) is 0 Å². The lowest BCUT2D eigenvalue weighted by Crippen LogP contribution is -2.16. The molecule has 1 aromatic carbocycles. The molecular formula is C19H20O3. The molecule has 0 bridgehead atoms. The fourth-order valence-electron chi connectivity index (χ4n) is 3.43. The number of hydrogen-bond donors (Lipinski definition) is 1. The number of allylic oxidation sites excluding steroid dienone is 4. The van der Waals surface area contributed by atoms with Crippen LogP contribution in [0.15, 0.2) is 53.8 Å². The first-order valence-electron chi connectivity index (χ1n) is 7.54. The van der Waals surface area contributed by atoms with Crippen molar-refractivity contribution < 1.29 is 14.6 Å². The van der Waals surface area contributed by atoms with E-state index in [1.807, 2.05) is 25.1 Å². The molecule has 0 amide bonds. The van der Waals surface area contributed by atoms with Crippen molar-refractivity contribution in [2.45, 2.75) is 19.8 Å². The molecular weight excluding hydrogens is 276 g/mol. The topological polar surface area (TPSA) is 46.5 Å². The second-order valence-electron chi connectivity index (χ2n) is 5.95. The Hall–Kier alpha value is -2.29. The molecule has 0 spiro atoms. The monoisotopic (exact) mass is 296 g/mol. The molecule has 0 aromatic heterocycles. The SMILES string of the molecule is COC1=CC2Cc3ccccc3C(CC(=O)O)=CC2C=C1C. The highest BCUT2D eigenvalue weighted by Gasteiger charge is 2.27. The zero-order valence-electron chi connectivity index (χ0n) is 12.9. The summed E-state index contributed by atoms with van der Waals surface area (Å²) in [6.45, 7) is 2.04. The van der Waals surface area contributed by atoms with E-state index in [2.05, 4.69) is 24.3 Å². The molecule has 2 atom stereocenters. The summed E-state index contributed by atoms with van der Waals surface area (Å²) in [5.41, 5.74) is 4.30. The number of fused-ring (bicyclic) bond motifs is 2. The zero-order chi connectivity index (χ0) is 15.7. The van der Waals surface area contributed by atoms with E-state index in [0.29, 0.717) is 5.92 Å². The molecule has 0 heterocycles. The standard InChI is InChI=1S/C19H20O3/c1-12-7-14-9-16(11-19(20)21)17-6-4-3-5-13(17)8-15(14)10-18(12)22-2/h3-7,9-10,14-15H,8,11H2,1-2H3,(H,20,21). The second kappa shape index (κ2) is 5.84. The van der Waals surface area contributed by atoms with E-state index >= 15 is 0 Å². The fourth-order valence-corrected chi connectivity index (χ4v) is 3.43. The number of carboxylic acid groups (broad SMARTS) is 1. The van der Waals surface area contributed by atoms with E-state index < -0.39 is 5.97 Å². The summed E-state index contributed by atoms with van der Waals surface area (Å²) < 4.78 is 5.45. The number of aliphatic carboxylic acids is 1. The minimum atomic E-state index is -0.788. The molecule has 3 rings (SSSR count). The Balaban J connectivity index is 2.08. The van der Waals surface area contributed by atoms with Crippen molar-refractivity contribution in [3.05, 3.63) is 65.0 Å². The Morgan fingerprint density at radius 3 is 2.77 bits per heavy atom. The number of ether oxygens (including phenoxy) is 1. The maximum atomic E-state index is 11.2. The van der Waals surface area contributed by atoms with E-state index in [1.54, 1.807) is 7.11 Å². The summed E-state index contributed by atoms with van der Waals surface area (Å²) in [6.07, 6.45) is 7.45. The highest BCUT2D eigenvalue weighted by Crippen LogP contribution is 2.38. The molecule has 3 nitrogen and oxygen atoms in total. The number of carboxylic acids is 1. The third kappa shape index (κ3) is 2.71. The van der Waals surface area contributed by atoms with Gasteiger partial charge in [-0.15, -0.1) is 0 Å². The first kappa shape index (κ1) is 14.6. The Kier molecular flexibility index (Phi) is 3.88. The molecule has 3 heteroatoms. The largest absolute Gasteiger partial charge is 0.497 e. The summed E-state index contributed by atoms with van der Waals surface area (Å²) in [5.74, 6) is 0.671. The van der Waals surface area contributed by atoms with Crippen LogP contribution in [0.5, 0.6) is 0 Å². The quantitative estimate of drug-likeness (QED) is 0.922. The minimum Gasteiger partial charge on any atom is -0.497 e. The Bertz CT molecular complexity index is 694. The van der Waals surface area contributed by atoms with Gasteiger partial charge in [0.1, 0.15) is 5.76 Å². The van der Waals surface area contributed by atoms with Crippen molar-refractivity contribution in [2.24, 2.45) is 11.8 Å². The fraction of sp³-hybridized carbons (Fsp3) is 0.316. The average molecular weight is 296 g/mol.